The Kier molecular flexibility index (Phi) is 3.40. The van der Waals surface area contributed by atoms with Crippen LogP contribution in [-0.4, -0.2) is 17.8 Å². The fraction of sp³-hybridized carbons (Fsp3) is 0.941. The molecule has 0 saturated heterocycles. The zero-order valence-corrected chi connectivity index (χ0v) is 13.9. The van der Waals surface area contributed by atoms with Gasteiger partial charge in [0.15, 0.2) is 0 Å². The lowest BCUT2D eigenvalue weighted by molar-refractivity contribution is -0.170. The normalized spacial score (nSPS) is 47.3. The topological polar surface area (TPSA) is 29.1 Å². The van der Waals surface area contributed by atoms with E-state index in [0.717, 1.165) is 31.6 Å². The summed E-state index contributed by atoms with van der Waals surface area (Å²) < 4.78 is 0. The van der Waals surface area contributed by atoms with Crippen LogP contribution in [0.25, 0.3) is 0 Å². The number of amides is 1. The van der Waals surface area contributed by atoms with Crippen molar-refractivity contribution in [1.29, 1.82) is 0 Å². The Morgan fingerprint density at radius 3 is 2.30 bits per heavy atom. The number of halogens is 1. The van der Waals surface area contributed by atoms with E-state index in [-0.39, 0.29) is 11.5 Å². The molecule has 4 aliphatic carbocycles. The molecule has 4 bridgehead atoms. The van der Waals surface area contributed by atoms with Crippen LogP contribution in [0.1, 0.15) is 65.7 Å². The van der Waals surface area contributed by atoms with Crippen LogP contribution in [0.4, 0.5) is 0 Å². The average molecular weight is 298 g/mol. The van der Waals surface area contributed by atoms with Gasteiger partial charge in [0.05, 0.1) is 5.41 Å². The molecule has 0 spiro atoms. The second-order valence-corrected chi connectivity index (χ2v) is 9.14. The molecule has 0 heterocycles. The molecule has 3 unspecified atom stereocenters. The predicted molar refractivity (Wildman–Crippen MR) is 82.8 cm³/mol. The molecule has 1 amide bonds. The maximum atomic E-state index is 12.9. The highest BCUT2D eigenvalue weighted by molar-refractivity contribution is 6.17. The van der Waals surface area contributed by atoms with E-state index in [0.29, 0.717) is 22.6 Å². The highest BCUT2D eigenvalue weighted by Gasteiger charge is 2.62. The van der Waals surface area contributed by atoms with Crippen molar-refractivity contribution in [3.05, 3.63) is 0 Å². The summed E-state index contributed by atoms with van der Waals surface area (Å²) in [5.41, 5.74) is 0.728. The number of hydrogen-bond donors (Lipinski definition) is 1. The fourth-order valence-corrected chi connectivity index (χ4v) is 6.64. The van der Waals surface area contributed by atoms with E-state index in [1.54, 1.807) is 0 Å². The molecule has 0 radical (unpaired) electrons. The molecule has 3 heteroatoms. The van der Waals surface area contributed by atoms with Crippen molar-refractivity contribution in [2.75, 3.05) is 5.88 Å². The Balaban J connectivity index is 1.80. The second-order valence-electron chi connectivity index (χ2n) is 8.76. The van der Waals surface area contributed by atoms with Crippen LogP contribution >= 0.6 is 11.6 Å². The quantitative estimate of drug-likeness (QED) is 0.777. The molecule has 0 aliphatic heterocycles. The highest BCUT2D eigenvalue weighted by Crippen LogP contribution is 2.69. The van der Waals surface area contributed by atoms with Crippen LogP contribution in [0.15, 0.2) is 0 Å². The summed E-state index contributed by atoms with van der Waals surface area (Å²) in [4.78, 5) is 12.9. The summed E-state index contributed by atoms with van der Waals surface area (Å²) in [7, 11) is 0. The van der Waals surface area contributed by atoms with Crippen LogP contribution in [0.3, 0.4) is 0 Å². The first kappa shape index (κ1) is 14.7. The minimum atomic E-state index is -0.0799. The van der Waals surface area contributed by atoms with Gasteiger partial charge in [0.2, 0.25) is 5.91 Å². The van der Waals surface area contributed by atoms with Crippen molar-refractivity contribution in [2.24, 2.45) is 22.2 Å². The van der Waals surface area contributed by atoms with E-state index in [1.165, 1.54) is 19.3 Å². The molecule has 114 valence electrons. The van der Waals surface area contributed by atoms with Gasteiger partial charge in [0, 0.05) is 11.9 Å². The first-order chi connectivity index (χ1) is 9.28. The number of hydrogen-bond acceptors (Lipinski definition) is 1. The van der Waals surface area contributed by atoms with E-state index < -0.39 is 0 Å². The van der Waals surface area contributed by atoms with Gasteiger partial charge >= 0.3 is 0 Å². The number of carbonyl (C=O) groups is 1. The van der Waals surface area contributed by atoms with Crippen LogP contribution < -0.4 is 5.32 Å². The number of rotatable bonds is 4. The Morgan fingerprint density at radius 2 is 1.80 bits per heavy atom. The first-order valence-electron chi connectivity index (χ1n) is 8.15. The summed E-state index contributed by atoms with van der Waals surface area (Å²) in [6.07, 6.45) is 8.20. The molecular weight excluding hydrogens is 270 g/mol. The Bertz CT molecular complexity index is 403. The van der Waals surface area contributed by atoms with Gasteiger partial charge in [-0.15, -0.1) is 11.6 Å². The zero-order valence-electron chi connectivity index (χ0n) is 13.1. The molecule has 0 aromatic carbocycles. The standard InChI is InChI=1S/C17H28ClNO/c1-12(4-5-18)19-14(20)17-8-13-6-15(2,10-17)9-16(3,7-13)11-17/h12-13H,4-11H2,1-3H3,(H,19,20). The Labute approximate surface area is 128 Å². The molecule has 0 aromatic rings. The molecule has 1 N–H and O–H groups in total. The molecular formula is C17H28ClNO. The van der Waals surface area contributed by atoms with E-state index in [4.69, 9.17) is 11.6 Å². The van der Waals surface area contributed by atoms with Gasteiger partial charge in [-0.05, 0) is 68.6 Å². The molecule has 4 saturated carbocycles. The van der Waals surface area contributed by atoms with E-state index in [1.807, 2.05) is 0 Å². The number of carbonyl (C=O) groups excluding carboxylic acids is 1. The van der Waals surface area contributed by atoms with Crippen molar-refractivity contribution < 1.29 is 4.79 Å². The molecule has 0 aromatic heterocycles. The third kappa shape index (κ3) is 2.38. The summed E-state index contributed by atoms with van der Waals surface area (Å²) in [6.45, 7) is 6.91. The smallest absolute Gasteiger partial charge is 0.226 e. The minimum Gasteiger partial charge on any atom is -0.353 e. The summed E-state index contributed by atoms with van der Waals surface area (Å²) in [5.74, 6) is 1.71. The van der Waals surface area contributed by atoms with Crippen LogP contribution in [0.2, 0.25) is 0 Å². The van der Waals surface area contributed by atoms with Crippen molar-refractivity contribution >= 4 is 17.5 Å². The van der Waals surface area contributed by atoms with Crippen molar-refractivity contribution in [2.45, 2.75) is 71.8 Å². The number of alkyl halides is 1. The minimum absolute atomic E-state index is 0.0799. The van der Waals surface area contributed by atoms with Gasteiger partial charge in [-0.3, -0.25) is 4.79 Å². The van der Waals surface area contributed by atoms with E-state index >= 15 is 0 Å². The summed E-state index contributed by atoms with van der Waals surface area (Å²) >= 11 is 5.79. The molecule has 4 aliphatic rings. The van der Waals surface area contributed by atoms with Crippen molar-refractivity contribution in [3.63, 3.8) is 0 Å². The summed E-state index contributed by atoms with van der Waals surface area (Å²) in [5, 5.41) is 3.25. The summed E-state index contributed by atoms with van der Waals surface area (Å²) in [6, 6.07) is 0.202. The van der Waals surface area contributed by atoms with Gasteiger partial charge in [-0.25, -0.2) is 0 Å². The lowest BCUT2D eigenvalue weighted by atomic mass is 9.40. The third-order valence-corrected chi connectivity index (χ3v) is 6.25. The zero-order chi connectivity index (χ0) is 14.6. The van der Waals surface area contributed by atoms with Crippen LogP contribution in [0, 0.1) is 22.2 Å². The molecule has 2 nitrogen and oxygen atoms in total. The molecule has 4 fully saturated rings. The predicted octanol–water partition coefficient (Wildman–Crippen LogP) is 4.12. The molecule has 20 heavy (non-hydrogen) atoms. The van der Waals surface area contributed by atoms with Gasteiger partial charge in [-0.1, -0.05) is 13.8 Å². The Hall–Kier alpha value is -0.240. The Morgan fingerprint density at radius 1 is 1.20 bits per heavy atom. The molecule has 4 rings (SSSR count). The van der Waals surface area contributed by atoms with E-state index in [2.05, 4.69) is 26.1 Å². The maximum Gasteiger partial charge on any atom is 0.226 e. The van der Waals surface area contributed by atoms with Crippen molar-refractivity contribution in [1.82, 2.24) is 5.32 Å². The fourth-order valence-electron chi connectivity index (χ4n) is 6.31. The third-order valence-electron chi connectivity index (χ3n) is 6.03. The van der Waals surface area contributed by atoms with Crippen LogP contribution in [0.5, 0.6) is 0 Å². The second kappa shape index (κ2) is 4.63. The van der Waals surface area contributed by atoms with Gasteiger partial charge in [-0.2, -0.15) is 0 Å². The van der Waals surface area contributed by atoms with Crippen molar-refractivity contribution in [3.8, 4) is 0 Å². The highest BCUT2D eigenvalue weighted by atomic mass is 35.5. The largest absolute Gasteiger partial charge is 0.353 e. The lowest BCUT2D eigenvalue weighted by Crippen LogP contribution is -2.60. The number of nitrogens with one attached hydrogen (secondary N) is 1. The lowest BCUT2D eigenvalue weighted by Gasteiger charge is -2.64. The van der Waals surface area contributed by atoms with Gasteiger partial charge in [0.1, 0.15) is 0 Å². The van der Waals surface area contributed by atoms with Gasteiger partial charge in [0.25, 0.3) is 0 Å². The maximum absolute atomic E-state index is 12.9. The SMILES string of the molecule is CC(CCCl)NC(=O)C12CC3CC(C)(CC(C)(C3)C1)C2. The van der Waals surface area contributed by atoms with E-state index in [9.17, 15) is 4.79 Å². The monoisotopic (exact) mass is 297 g/mol. The first-order valence-corrected chi connectivity index (χ1v) is 8.69. The average Bonchev–Trinajstić information content (AvgIpc) is 2.23. The molecule has 3 atom stereocenters. The van der Waals surface area contributed by atoms with Crippen LogP contribution in [-0.2, 0) is 4.79 Å². The van der Waals surface area contributed by atoms with Gasteiger partial charge < -0.3 is 5.32 Å².